The Morgan fingerprint density at radius 3 is 1.00 bits per heavy atom. The molecule has 0 N–H and O–H groups in total. The number of ether oxygens (including phenoxy) is 2. The van der Waals surface area contributed by atoms with Crippen molar-refractivity contribution in [2.45, 2.75) is 39.9 Å². The van der Waals surface area contributed by atoms with Crippen LogP contribution in [0, 0.1) is 11.8 Å². The van der Waals surface area contributed by atoms with Crippen LogP contribution >= 0.6 is 0 Å². The third-order valence-corrected chi connectivity index (χ3v) is 2.18. The van der Waals surface area contributed by atoms with E-state index in [-0.39, 0.29) is 12.2 Å². The Balaban J connectivity index is 4.23. The van der Waals surface area contributed by atoms with Crippen molar-refractivity contribution in [1.82, 2.24) is 0 Å². The molecule has 12 heavy (non-hydrogen) atoms. The molecule has 0 aromatic heterocycles. The molecule has 0 unspecified atom stereocenters. The van der Waals surface area contributed by atoms with Gasteiger partial charge in [0.25, 0.3) is 0 Å². The molecule has 0 spiro atoms. The first-order chi connectivity index (χ1) is 5.54. The molecule has 0 aliphatic rings. The second-order valence-electron chi connectivity index (χ2n) is 3.89. The molecule has 0 fully saturated rings. The van der Waals surface area contributed by atoms with E-state index in [1.807, 2.05) is 0 Å². The molecule has 0 rings (SSSR count). The first-order valence-electron chi connectivity index (χ1n) is 4.60. The zero-order valence-electron chi connectivity index (χ0n) is 9.13. The molecule has 2 heteroatoms. The van der Waals surface area contributed by atoms with E-state index in [1.54, 1.807) is 14.2 Å². The van der Waals surface area contributed by atoms with Gasteiger partial charge in [0.05, 0.1) is 12.2 Å². The van der Waals surface area contributed by atoms with E-state index in [0.29, 0.717) is 11.8 Å². The van der Waals surface area contributed by atoms with E-state index >= 15 is 0 Å². The van der Waals surface area contributed by atoms with Crippen LogP contribution in [0.15, 0.2) is 0 Å². The standard InChI is InChI=1S/C10H22O2/c1-7(2)9(11-5)10(12-6)8(3)4/h7-10H,1-6H3/t9-,10-/m1/s1. The van der Waals surface area contributed by atoms with Crippen molar-refractivity contribution < 1.29 is 9.47 Å². The molecular weight excluding hydrogens is 152 g/mol. The van der Waals surface area contributed by atoms with Gasteiger partial charge in [0.2, 0.25) is 0 Å². The van der Waals surface area contributed by atoms with Gasteiger partial charge in [-0.2, -0.15) is 0 Å². The number of hydrogen-bond acceptors (Lipinski definition) is 2. The van der Waals surface area contributed by atoms with Gasteiger partial charge in [-0.05, 0) is 11.8 Å². The van der Waals surface area contributed by atoms with E-state index in [9.17, 15) is 0 Å². The lowest BCUT2D eigenvalue weighted by Gasteiger charge is -2.30. The van der Waals surface area contributed by atoms with Crippen molar-refractivity contribution in [3.05, 3.63) is 0 Å². The molecule has 0 aromatic carbocycles. The van der Waals surface area contributed by atoms with E-state index in [0.717, 1.165) is 0 Å². The number of rotatable bonds is 5. The normalized spacial score (nSPS) is 17.0. The van der Waals surface area contributed by atoms with Crippen LogP contribution in [-0.2, 0) is 9.47 Å². The predicted molar refractivity (Wildman–Crippen MR) is 51.3 cm³/mol. The molecule has 0 radical (unpaired) electrons. The third-order valence-electron chi connectivity index (χ3n) is 2.18. The lowest BCUT2D eigenvalue weighted by molar-refractivity contribution is -0.0776. The molecule has 74 valence electrons. The fourth-order valence-electron chi connectivity index (χ4n) is 1.57. The average Bonchev–Trinajstić information content (AvgIpc) is 1.98. The van der Waals surface area contributed by atoms with Gasteiger partial charge >= 0.3 is 0 Å². The van der Waals surface area contributed by atoms with Crippen molar-refractivity contribution in [3.8, 4) is 0 Å². The molecule has 0 saturated carbocycles. The summed E-state index contributed by atoms with van der Waals surface area (Å²) in [5.41, 5.74) is 0. The summed E-state index contributed by atoms with van der Waals surface area (Å²) in [5.74, 6) is 1.00. The predicted octanol–water partition coefficient (Wildman–Crippen LogP) is 2.33. The van der Waals surface area contributed by atoms with Gasteiger partial charge < -0.3 is 9.47 Å². The lowest BCUT2D eigenvalue weighted by atomic mass is 9.94. The summed E-state index contributed by atoms with van der Waals surface area (Å²) in [4.78, 5) is 0. The monoisotopic (exact) mass is 174 g/mol. The molecular formula is C10H22O2. The maximum Gasteiger partial charge on any atom is 0.0858 e. The van der Waals surface area contributed by atoms with Crippen LogP contribution in [0.5, 0.6) is 0 Å². The van der Waals surface area contributed by atoms with Crippen molar-refractivity contribution >= 4 is 0 Å². The summed E-state index contributed by atoms with van der Waals surface area (Å²) in [6, 6.07) is 0. The molecule has 0 aliphatic carbocycles. The Hall–Kier alpha value is -0.0800. The minimum absolute atomic E-state index is 0.204. The minimum Gasteiger partial charge on any atom is -0.378 e. The number of methoxy groups -OCH3 is 2. The van der Waals surface area contributed by atoms with E-state index < -0.39 is 0 Å². The summed E-state index contributed by atoms with van der Waals surface area (Å²) in [6.45, 7) is 8.62. The van der Waals surface area contributed by atoms with Gasteiger partial charge in [0.1, 0.15) is 0 Å². The second-order valence-corrected chi connectivity index (χ2v) is 3.89. The van der Waals surface area contributed by atoms with Crippen LogP contribution in [0.25, 0.3) is 0 Å². The topological polar surface area (TPSA) is 18.5 Å². The lowest BCUT2D eigenvalue weighted by Crippen LogP contribution is -2.38. The van der Waals surface area contributed by atoms with Crippen molar-refractivity contribution in [3.63, 3.8) is 0 Å². The first kappa shape index (κ1) is 11.9. The van der Waals surface area contributed by atoms with Crippen molar-refractivity contribution in [2.24, 2.45) is 11.8 Å². The van der Waals surface area contributed by atoms with Gasteiger partial charge in [-0.1, -0.05) is 27.7 Å². The van der Waals surface area contributed by atoms with Gasteiger partial charge in [0.15, 0.2) is 0 Å². The maximum absolute atomic E-state index is 5.40. The molecule has 0 aromatic rings. The summed E-state index contributed by atoms with van der Waals surface area (Å²) in [7, 11) is 3.50. The summed E-state index contributed by atoms with van der Waals surface area (Å²) < 4.78 is 10.8. The molecule has 0 aliphatic heterocycles. The highest BCUT2D eigenvalue weighted by molar-refractivity contribution is 4.75. The third kappa shape index (κ3) is 3.11. The van der Waals surface area contributed by atoms with Crippen LogP contribution in [0.2, 0.25) is 0 Å². The quantitative estimate of drug-likeness (QED) is 0.637. The summed E-state index contributed by atoms with van der Waals surface area (Å²) in [6.07, 6.45) is 0.407. The Morgan fingerprint density at radius 1 is 0.667 bits per heavy atom. The highest BCUT2D eigenvalue weighted by Crippen LogP contribution is 2.19. The Kier molecular flexibility index (Phi) is 5.51. The molecule has 0 heterocycles. The van der Waals surface area contributed by atoms with Gasteiger partial charge in [-0.15, -0.1) is 0 Å². The first-order valence-corrected chi connectivity index (χ1v) is 4.60. The second kappa shape index (κ2) is 5.55. The van der Waals surface area contributed by atoms with Crippen LogP contribution < -0.4 is 0 Å². The number of hydrogen-bond donors (Lipinski definition) is 0. The fourth-order valence-corrected chi connectivity index (χ4v) is 1.57. The summed E-state index contributed by atoms with van der Waals surface area (Å²) >= 11 is 0. The SMILES string of the molecule is CO[C@H](C(C)C)[C@H](OC)C(C)C. The van der Waals surface area contributed by atoms with E-state index in [1.165, 1.54) is 0 Å². The molecule has 0 bridgehead atoms. The van der Waals surface area contributed by atoms with Crippen LogP contribution in [0.4, 0.5) is 0 Å². The zero-order valence-corrected chi connectivity index (χ0v) is 9.13. The fraction of sp³-hybridized carbons (Fsp3) is 1.00. The van der Waals surface area contributed by atoms with Gasteiger partial charge in [-0.3, -0.25) is 0 Å². The van der Waals surface area contributed by atoms with Crippen LogP contribution in [0.3, 0.4) is 0 Å². The van der Waals surface area contributed by atoms with Crippen LogP contribution in [-0.4, -0.2) is 26.4 Å². The summed E-state index contributed by atoms with van der Waals surface area (Å²) in [5, 5.41) is 0. The molecule has 2 atom stereocenters. The van der Waals surface area contributed by atoms with Crippen molar-refractivity contribution in [2.75, 3.05) is 14.2 Å². The average molecular weight is 174 g/mol. The van der Waals surface area contributed by atoms with Crippen LogP contribution in [0.1, 0.15) is 27.7 Å². The highest BCUT2D eigenvalue weighted by atomic mass is 16.5. The van der Waals surface area contributed by atoms with E-state index in [4.69, 9.17) is 9.47 Å². The van der Waals surface area contributed by atoms with Crippen molar-refractivity contribution in [1.29, 1.82) is 0 Å². The molecule has 0 saturated heterocycles. The molecule has 2 nitrogen and oxygen atoms in total. The zero-order chi connectivity index (χ0) is 9.72. The van der Waals surface area contributed by atoms with Gasteiger partial charge in [-0.25, -0.2) is 0 Å². The van der Waals surface area contributed by atoms with E-state index in [2.05, 4.69) is 27.7 Å². The maximum atomic E-state index is 5.40. The minimum atomic E-state index is 0.204. The highest BCUT2D eigenvalue weighted by Gasteiger charge is 2.26. The largest absolute Gasteiger partial charge is 0.378 e. The Bertz CT molecular complexity index is 96.4. The Labute approximate surface area is 76.3 Å². The smallest absolute Gasteiger partial charge is 0.0858 e. The molecule has 0 amide bonds. The van der Waals surface area contributed by atoms with Gasteiger partial charge in [0, 0.05) is 14.2 Å². The Morgan fingerprint density at radius 2 is 0.917 bits per heavy atom.